The van der Waals surface area contributed by atoms with Gasteiger partial charge in [0.25, 0.3) is 5.91 Å². The van der Waals surface area contributed by atoms with Gasteiger partial charge in [0.1, 0.15) is 6.10 Å². The van der Waals surface area contributed by atoms with Crippen LogP contribution in [0.2, 0.25) is 5.02 Å². The Morgan fingerprint density at radius 3 is 2.82 bits per heavy atom. The van der Waals surface area contributed by atoms with Crippen LogP contribution in [-0.4, -0.2) is 70.8 Å². The van der Waals surface area contributed by atoms with Gasteiger partial charge in [0, 0.05) is 41.6 Å². The Balaban J connectivity index is 1.67. The van der Waals surface area contributed by atoms with Gasteiger partial charge in [-0.05, 0) is 28.8 Å². The fourth-order valence-corrected chi connectivity index (χ4v) is 6.04. The average Bonchev–Trinajstić information content (AvgIpc) is 2.97. The van der Waals surface area contributed by atoms with Crippen molar-refractivity contribution >= 4 is 35.1 Å². The van der Waals surface area contributed by atoms with E-state index in [2.05, 4.69) is 17.1 Å². The van der Waals surface area contributed by atoms with E-state index >= 15 is 0 Å². The largest absolute Gasteiger partial charge is 0.383 e. The monoisotopic (exact) mass is 485 g/mol. The van der Waals surface area contributed by atoms with Crippen molar-refractivity contribution < 1.29 is 19.4 Å². The number of nitrogens with zero attached hydrogens (tertiary/aromatic N) is 3. The lowest BCUT2D eigenvalue weighted by Gasteiger charge is -2.52. The van der Waals surface area contributed by atoms with Crippen molar-refractivity contribution in [3.63, 3.8) is 0 Å². The zero-order valence-corrected chi connectivity index (χ0v) is 19.6. The van der Waals surface area contributed by atoms with Crippen molar-refractivity contribution in [2.24, 2.45) is 0 Å². The molecule has 33 heavy (non-hydrogen) atoms. The molecule has 1 fully saturated rings. The third kappa shape index (κ3) is 3.96. The van der Waals surface area contributed by atoms with Crippen LogP contribution in [0.1, 0.15) is 22.7 Å². The zero-order chi connectivity index (χ0) is 23.1. The molecule has 3 atom stereocenters. The summed E-state index contributed by atoms with van der Waals surface area (Å²) in [6.45, 7) is 1.00. The quantitative estimate of drug-likeness (QED) is 0.713. The van der Waals surface area contributed by atoms with Gasteiger partial charge >= 0.3 is 0 Å². The van der Waals surface area contributed by atoms with Crippen molar-refractivity contribution in [1.82, 2.24) is 14.9 Å². The van der Waals surface area contributed by atoms with Crippen molar-refractivity contribution in [3.05, 3.63) is 76.5 Å². The molecule has 0 aliphatic carbocycles. The van der Waals surface area contributed by atoms with Gasteiger partial charge in [-0.3, -0.25) is 14.6 Å². The van der Waals surface area contributed by atoms with Crippen LogP contribution in [0.15, 0.2) is 59.6 Å². The number of amides is 1. The van der Waals surface area contributed by atoms with Gasteiger partial charge in [-0.2, -0.15) is 5.01 Å². The molecule has 5 rings (SSSR count). The predicted octanol–water partition coefficient (Wildman–Crippen LogP) is 2.83. The Kier molecular flexibility index (Phi) is 6.20. The first-order chi connectivity index (χ1) is 16.0. The summed E-state index contributed by atoms with van der Waals surface area (Å²) in [5.74, 6) is 0.0313. The van der Waals surface area contributed by atoms with E-state index in [9.17, 15) is 14.7 Å². The summed E-state index contributed by atoms with van der Waals surface area (Å²) in [5.41, 5.74) is 3.37. The minimum atomic E-state index is -1.43. The maximum atomic E-state index is 13.3. The highest BCUT2D eigenvalue weighted by Crippen LogP contribution is 2.45. The maximum absolute atomic E-state index is 13.3. The number of ether oxygens (including phenoxy) is 1. The van der Waals surface area contributed by atoms with E-state index in [4.69, 9.17) is 16.3 Å². The van der Waals surface area contributed by atoms with E-state index in [0.29, 0.717) is 18.2 Å². The number of fused-ring (bicyclic) bond motifs is 3. The Hall–Kier alpha value is -2.36. The summed E-state index contributed by atoms with van der Waals surface area (Å²) in [6, 6.07) is 12.9. The van der Waals surface area contributed by atoms with E-state index in [1.54, 1.807) is 35.0 Å². The second kappa shape index (κ2) is 9.12. The number of hydrogen-bond acceptors (Lipinski definition) is 7. The van der Waals surface area contributed by atoms with Crippen molar-refractivity contribution in [2.45, 2.75) is 28.8 Å². The Morgan fingerprint density at radius 1 is 1.18 bits per heavy atom. The molecule has 0 aromatic heterocycles. The number of carbonyl (C=O) groups is 2. The SMILES string of the molecule is COCCN1CN(C2c3ccccc3CSc3cc(Cl)ccc32)N2C=CC(=O)C(O)C2C1=O. The van der Waals surface area contributed by atoms with Crippen LogP contribution in [0.5, 0.6) is 0 Å². The third-order valence-corrected chi connectivity index (χ3v) is 7.67. The third-order valence-electron chi connectivity index (χ3n) is 6.31. The molecule has 172 valence electrons. The van der Waals surface area contributed by atoms with E-state index in [1.807, 2.05) is 30.3 Å². The molecule has 2 aromatic carbocycles. The predicted molar refractivity (Wildman–Crippen MR) is 125 cm³/mol. The second-order valence-corrected chi connectivity index (χ2v) is 9.69. The number of rotatable bonds is 4. The number of benzene rings is 2. The van der Waals surface area contributed by atoms with Crippen molar-refractivity contribution in [1.29, 1.82) is 0 Å². The summed E-state index contributed by atoms with van der Waals surface area (Å²) in [7, 11) is 1.58. The van der Waals surface area contributed by atoms with Gasteiger partial charge in [0.2, 0.25) is 0 Å². The summed E-state index contributed by atoms with van der Waals surface area (Å²) in [4.78, 5) is 28.3. The van der Waals surface area contributed by atoms with Crippen LogP contribution in [0.4, 0.5) is 0 Å². The standard InChI is InChI=1S/C24H24ClN3O4S/c1-32-11-10-26-14-28(27-9-8-19(29)23(30)22(27)24(26)31)21-17-5-3-2-4-15(17)13-33-20-12-16(25)6-7-18(20)21/h2-9,12,21-23,30H,10-11,13-14H2,1H3. The lowest BCUT2D eigenvalue weighted by atomic mass is 9.93. The number of aliphatic hydroxyl groups excluding tert-OH is 1. The van der Waals surface area contributed by atoms with Gasteiger partial charge in [-0.15, -0.1) is 11.8 Å². The minimum absolute atomic E-state index is 0.242. The highest BCUT2D eigenvalue weighted by molar-refractivity contribution is 7.98. The number of ketones is 1. The number of methoxy groups -OCH3 is 1. The fraction of sp³-hybridized carbons (Fsp3) is 0.333. The Morgan fingerprint density at radius 2 is 2.00 bits per heavy atom. The average molecular weight is 486 g/mol. The molecular weight excluding hydrogens is 462 g/mol. The maximum Gasteiger partial charge on any atom is 0.251 e. The summed E-state index contributed by atoms with van der Waals surface area (Å²) in [6.07, 6.45) is 1.52. The summed E-state index contributed by atoms with van der Waals surface area (Å²) < 4.78 is 5.22. The summed E-state index contributed by atoms with van der Waals surface area (Å²) in [5, 5.41) is 15.2. The fourth-order valence-electron chi connectivity index (χ4n) is 4.67. The molecule has 1 amide bonds. The molecule has 2 aromatic rings. The van der Waals surface area contributed by atoms with Crippen LogP contribution >= 0.6 is 23.4 Å². The number of halogens is 1. The lowest BCUT2D eigenvalue weighted by molar-refractivity contribution is -0.185. The first-order valence-corrected chi connectivity index (χ1v) is 12.1. The highest BCUT2D eigenvalue weighted by Gasteiger charge is 2.49. The number of aliphatic hydroxyl groups is 1. The number of thioether (sulfide) groups is 1. The first kappa shape index (κ1) is 22.4. The van der Waals surface area contributed by atoms with Gasteiger partial charge < -0.3 is 14.7 Å². The zero-order valence-electron chi connectivity index (χ0n) is 18.1. The van der Waals surface area contributed by atoms with Crippen LogP contribution in [0.25, 0.3) is 0 Å². The molecule has 7 nitrogen and oxygen atoms in total. The van der Waals surface area contributed by atoms with E-state index in [1.165, 1.54) is 11.6 Å². The Labute approximate surface area is 201 Å². The van der Waals surface area contributed by atoms with Crippen LogP contribution in [-0.2, 0) is 20.1 Å². The molecule has 0 spiro atoms. The van der Waals surface area contributed by atoms with E-state index < -0.39 is 17.9 Å². The van der Waals surface area contributed by atoms with Crippen LogP contribution < -0.4 is 0 Å². The number of hydrazine groups is 1. The lowest BCUT2D eigenvalue weighted by Crippen LogP contribution is -2.68. The molecular formula is C24H24ClN3O4S. The molecule has 3 heterocycles. The van der Waals surface area contributed by atoms with Gasteiger partial charge in [0.05, 0.1) is 19.3 Å². The minimum Gasteiger partial charge on any atom is -0.383 e. The van der Waals surface area contributed by atoms with Crippen molar-refractivity contribution in [3.8, 4) is 0 Å². The summed E-state index contributed by atoms with van der Waals surface area (Å²) >= 11 is 8.06. The molecule has 3 aliphatic rings. The van der Waals surface area contributed by atoms with Crippen LogP contribution in [0.3, 0.4) is 0 Å². The smallest absolute Gasteiger partial charge is 0.251 e. The Bertz CT molecular complexity index is 1130. The number of carbonyl (C=O) groups excluding carboxylic acids is 2. The molecule has 9 heteroatoms. The molecule has 0 bridgehead atoms. The molecule has 0 radical (unpaired) electrons. The molecule has 3 aliphatic heterocycles. The molecule has 1 N–H and O–H groups in total. The first-order valence-electron chi connectivity index (χ1n) is 10.7. The molecule has 0 saturated carbocycles. The van der Waals surface area contributed by atoms with Gasteiger partial charge in [0.15, 0.2) is 11.8 Å². The van der Waals surface area contributed by atoms with E-state index in [0.717, 1.165) is 21.8 Å². The number of hydrogen-bond donors (Lipinski definition) is 1. The van der Waals surface area contributed by atoms with Crippen LogP contribution in [0, 0.1) is 0 Å². The molecule has 1 saturated heterocycles. The second-order valence-electron chi connectivity index (χ2n) is 8.24. The van der Waals surface area contributed by atoms with Crippen molar-refractivity contribution in [2.75, 3.05) is 26.9 Å². The van der Waals surface area contributed by atoms with Gasteiger partial charge in [-0.1, -0.05) is 41.9 Å². The van der Waals surface area contributed by atoms with Gasteiger partial charge in [-0.25, -0.2) is 0 Å². The normalized spacial score (nSPS) is 24.9. The highest BCUT2D eigenvalue weighted by atomic mass is 35.5. The van der Waals surface area contributed by atoms with E-state index in [-0.39, 0.29) is 18.6 Å². The molecule has 3 unspecified atom stereocenters. The topological polar surface area (TPSA) is 73.3 Å².